The van der Waals surface area contributed by atoms with E-state index in [1.54, 1.807) is 17.8 Å². The summed E-state index contributed by atoms with van der Waals surface area (Å²) in [4.78, 5) is 16.4. The molecule has 0 aliphatic carbocycles. The molecule has 1 N–H and O–H groups in total. The number of pyridine rings is 1. The molecule has 0 saturated heterocycles. The average molecular weight is 317 g/mol. The van der Waals surface area contributed by atoms with Crippen molar-refractivity contribution < 1.29 is 4.79 Å². The Morgan fingerprint density at radius 2 is 1.96 bits per heavy atom. The van der Waals surface area contributed by atoms with Gasteiger partial charge in [0.1, 0.15) is 17.6 Å². The molecule has 0 aliphatic rings. The fourth-order valence-corrected chi connectivity index (χ4v) is 2.53. The molecule has 0 unspecified atom stereocenters. The highest BCUT2D eigenvalue weighted by molar-refractivity contribution is 6.05. The van der Waals surface area contributed by atoms with Crippen molar-refractivity contribution in [3.05, 3.63) is 65.6 Å². The number of carbonyl (C=O) groups excluding carboxylic acids is 1. The van der Waals surface area contributed by atoms with Gasteiger partial charge in [0.2, 0.25) is 0 Å². The number of hydrogen-bond acceptors (Lipinski definition) is 4. The molecule has 118 valence electrons. The van der Waals surface area contributed by atoms with E-state index in [4.69, 9.17) is 5.26 Å². The van der Waals surface area contributed by atoms with Crippen molar-refractivity contribution in [2.45, 2.75) is 6.92 Å². The van der Waals surface area contributed by atoms with Gasteiger partial charge in [0.15, 0.2) is 0 Å². The Morgan fingerprint density at radius 1 is 1.21 bits per heavy atom. The Bertz CT molecular complexity index is 921. The fraction of sp³-hybridized carbons (Fsp3) is 0.111. The minimum absolute atomic E-state index is 0.271. The van der Waals surface area contributed by atoms with Crippen molar-refractivity contribution in [3.63, 3.8) is 0 Å². The topological polar surface area (TPSA) is 83.6 Å². The fourth-order valence-electron chi connectivity index (χ4n) is 2.53. The summed E-state index contributed by atoms with van der Waals surface area (Å²) in [5, 5.41) is 16.1. The van der Waals surface area contributed by atoms with Crippen LogP contribution in [0.15, 0.2) is 48.7 Å². The summed E-state index contributed by atoms with van der Waals surface area (Å²) in [6, 6.07) is 14.8. The zero-order chi connectivity index (χ0) is 17.1. The number of aromatic nitrogens is 3. The van der Waals surface area contributed by atoms with Gasteiger partial charge in [-0.3, -0.25) is 9.48 Å². The van der Waals surface area contributed by atoms with Gasteiger partial charge in [0.25, 0.3) is 5.91 Å². The van der Waals surface area contributed by atoms with Gasteiger partial charge < -0.3 is 5.32 Å². The van der Waals surface area contributed by atoms with E-state index < -0.39 is 0 Å². The maximum Gasteiger partial charge on any atom is 0.258 e. The van der Waals surface area contributed by atoms with Gasteiger partial charge in [-0.2, -0.15) is 10.4 Å². The highest BCUT2D eigenvalue weighted by atomic mass is 16.1. The normalized spacial score (nSPS) is 10.2. The molecule has 1 amide bonds. The number of nitrogens with zero attached hydrogens (tertiary/aromatic N) is 4. The minimum atomic E-state index is -0.299. The van der Waals surface area contributed by atoms with Crippen LogP contribution in [0.1, 0.15) is 21.7 Å². The summed E-state index contributed by atoms with van der Waals surface area (Å²) in [5.41, 5.74) is 3.35. The molecule has 0 saturated carbocycles. The van der Waals surface area contributed by atoms with Gasteiger partial charge in [-0.05, 0) is 24.6 Å². The molecule has 6 heteroatoms. The van der Waals surface area contributed by atoms with Crippen LogP contribution in [-0.4, -0.2) is 20.7 Å². The van der Waals surface area contributed by atoms with E-state index in [0.717, 1.165) is 16.8 Å². The Balaban J connectivity index is 1.95. The third-order valence-electron chi connectivity index (χ3n) is 3.66. The number of benzene rings is 1. The largest absolute Gasteiger partial charge is 0.306 e. The monoisotopic (exact) mass is 317 g/mol. The first kappa shape index (κ1) is 15.4. The van der Waals surface area contributed by atoms with Gasteiger partial charge >= 0.3 is 0 Å². The van der Waals surface area contributed by atoms with Crippen LogP contribution in [0.4, 0.5) is 5.82 Å². The van der Waals surface area contributed by atoms with Crippen LogP contribution in [0.25, 0.3) is 11.1 Å². The molecule has 2 heterocycles. The van der Waals surface area contributed by atoms with E-state index in [2.05, 4.69) is 15.4 Å². The molecule has 1 aromatic carbocycles. The van der Waals surface area contributed by atoms with Crippen LogP contribution in [-0.2, 0) is 7.05 Å². The minimum Gasteiger partial charge on any atom is -0.306 e. The zero-order valence-corrected chi connectivity index (χ0v) is 13.3. The van der Waals surface area contributed by atoms with Crippen LogP contribution in [0, 0.1) is 18.3 Å². The highest BCUT2D eigenvalue weighted by Crippen LogP contribution is 2.31. The van der Waals surface area contributed by atoms with Crippen molar-refractivity contribution in [2.24, 2.45) is 7.05 Å². The summed E-state index contributed by atoms with van der Waals surface area (Å²) >= 11 is 0. The highest BCUT2D eigenvalue weighted by Gasteiger charge is 2.18. The van der Waals surface area contributed by atoms with Gasteiger partial charge in [0.05, 0.1) is 11.3 Å². The van der Waals surface area contributed by atoms with Crippen molar-refractivity contribution in [1.82, 2.24) is 14.8 Å². The molecule has 0 bridgehead atoms. The zero-order valence-electron chi connectivity index (χ0n) is 13.3. The predicted molar refractivity (Wildman–Crippen MR) is 90.3 cm³/mol. The number of nitrogens with one attached hydrogen (secondary N) is 1. The predicted octanol–water partition coefficient (Wildman–Crippen LogP) is 2.91. The van der Waals surface area contributed by atoms with E-state index in [1.807, 2.05) is 43.3 Å². The molecule has 0 fully saturated rings. The number of nitriles is 1. The molecule has 2 aromatic heterocycles. The van der Waals surface area contributed by atoms with Crippen LogP contribution in [0.5, 0.6) is 0 Å². The third-order valence-corrected chi connectivity index (χ3v) is 3.66. The number of amides is 1. The second-order valence-corrected chi connectivity index (χ2v) is 5.30. The van der Waals surface area contributed by atoms with Crippen LogP contribution >= 0.6 is 0 Å². The number of aryl methyl sites for hydroxylation is 2. The standard InChI is InChI=1S/C18H15N5O/c1-12-16(13-6-4-3-5-7-13)17(23(2)22-12)21-18(24)14-8-9-15(10-19)20-11-14/h3-9,11H,1-2H3,(H,21,24). The van der Waals surface area contributed by atoms with E-state index in [0.29, 0.717) is 11.4 Å². The van der Waals surface area contributed by atoms with Crippen molar-refractivity contribution >= 4 is 11.7 Å². The van der Waals surface area contributed by atoms with Crippen LogP contribution < -0.4 is 5.32 Å². The molecule has 0 radical (unpaired) electrons. The van der Waals surface area contributed by atoms with Crippen molar-refractivity contribution in [1.29, 1.82) is 5.26 Å². The molecular weight excluding hydrogens is 302 g/mol. The molecule has 3 aromatic rings. The quantitative estimate of drug-likeness (QED) is 0.805. The van der Waals surface area contributed by atoms with Crippen molar-refractivity contribution in [2.75, 3.05) is 5.32 Å². The summed E-state index contributed by atoms with van der Waals surface area (Å²) < 4.78 is 1.65. The number of anilines is 1. The van der Waals surface area contributed by atoms with Gasteiger partial charge in [0, 0.05) is 18.8 Å². The Labute approximate surface area is 139 Å². The summed E-state index contributed by atoms with van der Waals surface area (Å²) in [6.07, 6.45) is 1.39. The lowest BCUT2D eigenvalue weighted by Gasteiger charge is -2.09. The maximum absolute atomic E-state index is 12.5. The summed E-state index contributed by atoms with van der Waals surface area (Å²) in [5.74, 6) is 0.320. The maximum atomic E-state index is 12.5. The molecule has 0 aliphatic heterocycles. The second kappa shape index (κ2) is 6.34. The lowest BCUT2D eigenvalue weighted by molar-refractivity contribution is 0.102. The molecular formula is C18H15N5O. The Kier molecular flexibility index (Phi) is 4.08. The van der Waals surface area contributed by atoms with Crippen LogP contribution in [0.3, 0.4) is 0 Å². The van der Waals surface area contributed by atoms with E-state index in [1.165, 1.54) is 12.3 Å². The molecule has 3 rings (SSSR count). The smallest absolute Gasteiger partial charge is 0.258 e. The Morgan fingerprint density at radius 3 is 2.58 bits per heavy atom. The molecule has 6 nitrogen and oxygen atoms in total. The summed E-state index contributed by atoms with van der Waals surface area (Å²) in [6.45, 7) is 1.90. The van der Waals surface area contributed by atoms with Crippen LogP contribution in [0.2, 0.25) is 0 Å². The van der Waals surface area contributed by atoms with E-state index in [-0.39, 0.29) is 11.6 Å². The molecule has 0 atom stereocenters. The van der Waals surface area contributed by atoms with Gasteiger partial charge in [-0.1, -0.05) is 30.3 Å². The van der Waals surface area contributed by atoms with Crippen molar-refractivity contribution in [3.8, 4) is 17.2 Å². The van der Waals surface area contributed by atoms with E-state index >= 15 is 0 Å². The molecule has 24 heavy (non-hydrogen) atoms. The van der Waals surface area contributed by atoms with E-state index in [9.17, 15) is 4.79 Å². The lowest BCUT2D eigenvalue weighted by atomic mass is 10.1. The number of hydrogen-bond donors (Lipinski definition) is 1. The molecule has 0 spiro atoms. The summed E-state index contributed by atoms with van der Waals surface area (Å²) in [7, 11) is 1.78. The first-order valence-corrected chi connectivity index (χ1v) is 7.36. The Hall–Kier alpha value is -3.46. The number of carbonyl (C=O) groups is 1. The lowest BCUT2D eigenvalue weighted by Crippen LogP contribution is -2.15. The SMILES string of the molecule is Cc1nn(C)c(NC(=O)c2ccc(C#N)nc2)c1-c1ccccc1. The van der Waals surface area contributed by atoms with Gasteiger partial charge in [-0.15, -0.1) is 0 Å². The van der Waals surface area contributed by atoms with Gasteiger partial charge in [-0.25, -0.2) is 4.98 Å². The number of rotatable bonds is 3. The first-order chi connectivity index (χ1) is 11.6. The average Bonchev–Trinajstić information content (AvgIpc) is 2.89. The second-order valence-electron chi connectivity index (χ2n) is 5.30. The third kappa shape index (κ3) is 2.88. The first-order valence-electron chi connectivity index (χ1n) is 7.36.